The largest absolute Gasteiger partial charge is 0.508 e. The van der Waals surface area contributed by atoms with E-state index in [9.17, 15) is 4.79 Å². The number of hydrogen-bond donors (Lipinski definition) is 0. The number of cyclic esters (lactones) is 2. The smallest absolute Gasteiger partial charge is 0.429 e. The zero-order valence-corrected chi connectivity index (χ0v) is 11.1. The standard InChI is InChI=1S/C14H19NO3/c1-10-5-4-6-13(7-10)15-8-11(2)17-14(16)18-12(3)9-15/h4-7,11-12H,8-9H2,1-3H3/t11-,12-/m1/s1. The van der Waals surface area contributed by atoms with Gasteiger partial charge < -0.3 is 14.4 Å². The maximum absolute atomic E-state index is 11.3. The Morgan fingerprint density at radius 2 is 1.78 bits per heavy atom. The first-order valence-electron chi connectivity index (χ1n) is 6.23. The number of aryl methyl sites for hydroxylation is 1. The monoisotopic (exact) mass is 249 g/mol. The van der Waals surface area contributed by atoms with Crippen LogP contribution in [0.2, 0.25) is 0 Å². The fourth-order valence-corrected chi connectivity index (χ4v) is 2.16. The molecule has 18 heavy (non-hydrogen) atoms. The van der Waals surface area contributed by atoms with Crippen molar-refractivity contribution in [1.82, 2.24) is 0 Å². The lowest BCUT2D eigenvalue weighted by Crippen LogP contribution is -2.42. The third kappa shape index (κ3) is 3.15. The Hall–Kier alpha value is -1.71. The third-order valence-corrected chi connectivity index (χ3v) is 2.92. The molecule has 0 N–H and O–H groups in total. The predicted molar refractivity (Wildman–Crippen MR) is 69.9 cm³/mol. The number of anilines is 1. The van der Waals surface area contributed by atoms with Gasteiger partial charge in [-0.15, -0.1) is 0 Å². The molecule has 2 atom stereocenters. The van der Waals surface area contributed by atoms with Gasteiger partial charge in [-0.1, -0.05) is 12.1 Å². The van der Waals surface area contributed by atoms with Gasteiger partial charge in [0.1, 0.15) is 12.2 Å². The van der Waals surface area contributed by atoms with E-state index in [4.69, 9.17) is 9.47 Å². The van der Waals surface area contributed by atoms with E-state index >= 15 is 0 Å². The molecule has 0 radical (unpaired) electrons. The fraction of sp³-hybridized carbons (Fsp3) is 0.500. The van der Waals surface area contributed by atoms with Crippen LogP contribution in [0.4, 0.5) is 10.5 Å². The number of rotatable bonds is 1. The van der Waals surface area contributed by atoms with Gasteiger partial charge in [0.2, 0.25) is 0 Å². The van der Waals surface area contributed by atoms with E-state index < -0.39 is 6.16 Å². The molecule has 2 rings (SSSR count). The molecule has 1 aromatic carbocycles. The maximum Gasteiger partial charge on any atom is 0.508 e. The molecule has 1 aromatic rings. The molecule has 1 aliphatic heterocycles. The summed E-state index contributed by atoms with van der Waals surface area (Å²) < 4.78 is 10.3. The Kier molecular flexibility index (Phi) is 3.75. The van der Waals surface area contributed by atoms with Crippen molar-refractivity contribution in [2.75, 3.05) is 18.0 Å². The van der Waals surface area contributed by atoms with Crippen molar-refractivity contribution in [2.24, 2.45) is 0 Å². The first-order chi connectivity index (χ1) is 8.54. The van der Waals surface area contributed by atoms with Gasteiger partial charge in [-0.05, 0) is 38.5 Å². The molecule has 0 bridgehead atoms. The Bertz CT molecular complexity index is 417. The average Bonchev–Trinajstić information content (AvgIpc) is 2.25. The van der Waals surface area contributed by atoms with Gasteiger partial charge in [0.15, 0.2) is 0 Å². The van der Waals surface area contributed by atoms with Crippen LogP contribution in [0.15, 0.2) is 24.3 Å². The van der Waals surface area contributed by atoms with Crippen LogP contribution in [0.1, 0.15) is 19.4 Å². The van der Waals surface area contributed by atoms with Gasteiger partial charge in [-0.3, -0.25) is 0 Å². The topological polar surface area (TPSA) is 38.8 Å². The Morgan fingerprint density at radius 1 is 1.17 bits per heavy atom. The van der Waals surface area contributed by atoms with E-state index in [-0.39, 0.29) is 12.2 Å². The minimum Gasteiger partial charge on any atom is -0.429 e. The van der Waals surface area contributed by atoms with Crippen molar-refractivity contribution in [3.05, 3.63) is 29.8 Å². The average molecular weight is 249 g/mol. The summed E-state index contributed by atoms with van der Waals surface area (Å²) in [4.78, 5) is 13.5. The zero-order chi connectivity index (χ0) is 13.1. The summed E-state index contributed by atoms with van der Waals surface area (Å²) in [5, 5.41) is 0. The van der Waals surface area contributed by atoms with Crippen molar-refractivity contribution < 1.29 is 14.3 Å². The number of ether oxygens (including phenoxy) is 2. The van der Waals surface area contributed by atoms with Crippen LogP contribution in [0.3, 0.4) is 0 Å². The summed E-state index contributed by atoms with van der Waals surface area (Å²) in [6.45, 7) is 7.18. The molecule has 4 heteroatoms. The van der Waals surface area contributed by atoms with Crippen LogP contribution < -0.4 is 4.90 Å². The van der Waals surface area contributed by atoms with Crippen molar-refractivity contribution >= 4 is 11.8 Å². The summed E-state index contributed by atoms with van der Waals surface area (Å²) in [6, 6.07) is 8.29. The lowest BCUT2D eigenvalue weighted by Gasteiger charge is -2.32. The molecule has 0 unspecified atom stereocenters. The summed E-state index contributed by atoms with van der Waals surface area (Å²) >= 11 is 0. The molecule has 98 valence electrons. The van der Waals surface area contributed by atoms with Gasteiger partial charge >= 0.3 is 6.16 Å². The normalized spacial score (nSPS) is 24.8. The summed E-state index contributed by atoms with van der Waals surface area (Å²) in [6.07, 6.45) is -0.921. The van der Waals surface area contributed by atoms with Crippen molar-refractivity contribution in [3.8, 4) is 0 Å². The van der Waals surface area contributed by atoms with Gasteiger partial charge in [-0.25, -0.2) is 4.79 Å². The zero-order valence-electron chi connectivity index (χ0n) is 11.1. The highest BCUT2D eigenvalue weighted by Gasteiger charge is 2.23. The summed E-state index contributed by atoms with van der Waals surface area (Å²) in [7, 11) is 0. The minimum absolute atomic E-state index is 0.175. The van der Waals surface area contributed by atoms with Crippen LogP contribution >= 0.6 is 0 Å². The first kappa shape index (κ1) is 12.7. The van der Waals surface area contributed by atoms with Crippen LogP contribution in [-0.4, -0.2) is 31.5 Å². The van der Waals surface area contributed by atoms with Crippen molar-refractivity contribution in [3.63, 3.8) is 0 Å². The molecular formula is C14H19NO3. The maximum atomic E-state index is 11.3. The lowest BCUT2D eigenvalue weighted by atomic mass is 10.2. The summed E-state index contributed by atoms with van der Waals surface area (Å²) in [5.41, 5.74) is 2.35. The number of nitrogens with zero attached hydrogens (tertiary/aromatic N) is 1. The van der Waals surface area contributed by atoms with Gasteiger partial charge in [0.25, 0.3) is 0 Å². The van der Waals surface area contributed by atoms with E-state index in [0.717, 1.165) is 5.69 Å². The second-order valence-electron chi connectivity index (χ2n) is 4.85. The van der Waals surface area contributed by atoms with Crippen LogP contribution in [0, 0.1) is 6.92 Å². The second-order valence-corrected chi connectivity index (χ2v) is 4.85. The number of benzene rings is 1. The second kappa shape index (κ2) is 5.29. The van der Waals surface area contributed by atoms with Gasteiger partial charge in [-0.2, -0.15) is 0 Å². The molecule has 1 saturated heterocycles. The van der Waals surface area contributed by atoms with Crippen LogP contribution in [0.5, 0.6) is 0 Å². The fourth-order valence-electron chi connectivity index (χ4n) is 2.16. The Morgan fingerprint density at radius 3 is 2.33 bits per heavy atom. The molecule has 0 saturated carbocycles. The Labute approximate surface area is 107 Å². The molecular weight excluding hydrogens is 230 g/mol. The highest BCUT2D eigenvalue weighted by Crippen LogP contribution is 2.19. The highest BCUT2D eigenvalue weighted by molar-refractivity contribution is 5.61. The van der Waals surface area contributed by atoms with E-state index in [2.05, 4.69) is 30.0 Å². The quantitative estimate of drug-likeness (QED) is 0.717. The predicted octanol–water partition coefficient (Wildman–Crippen LogP) is 2.75. The third-order valence-electron chi connectivity index (χ3n) is 2.92. The number of hydrogen-bond acceptors (Lipinski definition) is 4. The molecule has 1 fully saturated rings. The Balaban J connectivity index is 2.18. The molecule has 1 heterocycles. The van der Waals surface area contributed by atoms with Crippen LogP contribution in [-0.2, 0) is 9.47 Å². The van der Waals surface area contributed by atoms with Crippen molar-refractivity contribution in [1.29, 1.82) is 0 Å². The van der Waals surface area contributed by atoms with E-state index in [1.54, 1.807) is 0 Å². The lowest BCUT2D eigenvalue weighted by molar-refractivity contribution is 0.00130. The SMILES string of the molecule is Cc1cccc(N2C[C@@H](C)OC(=O)O[C@H](C)C2)c1. The minimum atomic E-state index is -0.570. The molecule has 4 nitrogen and oxygen atoms in total. The van der Waals surface area contributed by atoms with Crippen molar-refractivity contribution in [2.45, 2.75) is 33.0 Å². The molecule has 0 spiro atoms. The molecule has 0 aromatic heterocycles. The molecule has 0 aliphatic carbocycles. The summed E-state index contributed by atoms with van der Waals surface area (Å²) in [5.74, 6) is 0. The molecule has 1 aliphatic rings. The number of carbonyl (C=O) groups excluding carboxylic acids is 1. The van der Waals surface area contributed by atoms with E-state index in [0.29, 0.717) is 13.1 Å². The van der Waals surface area contributed by atoms with E-state index in [1.807, 2.05) is 19.9 Å². The van der Waals surface area contributed by atoms with Gasteiger partial charge in [0.05, 0.1) is 13.1 Å². The first-order valence-corrected chi connectivity index (χ1v) is 6.23. The van der Waals surface area contributed by atoms with E-state index in [1.165, 1.54) is 5.56 Å². The highest BCUT2D eigenvalue weighted by atomic mass is 16.7. The number of carbonyl (C=O) groups is 1. The molecule has 0 amide bonds. The van der Waals surface area contributed by atoms with Crippen LogP contribution in [0.25, 0.3) is 0 Å². The van der Waals surface area contributed by atoms with Gasteiger partial charge in [0, 0.05) is 5.69 Å².